The zero-order valence-electron chi connectivity index (χ0n) is 9.75. The third-order valence-corrected chi connectivity index (χ3v) is 3.00. The molecule has 0 amide bonds. The summed E-state index contributed by atoms with van der Waals surface area (Å²) in [5.41, 5.74) is 0. The Bertz CT molecular complexity index is 146. The van der Waals surface area contributed by atoms with E-state index < -0.39 is 0 Å². The normalized spacial score (nSPS) is 24.4. The number of ether oxygens (including phenoxy) is 1. The molecule has 0 saturated carbocycles. The van der Waals surface area contributed by atoms with E-state index >= 15 is 0 Å². The van der Waals surface area contributed by atoms with Crippen LogP contribution in [-0.2, 0) is 4.74 Å². The van der Waals surface area contributed by atoms with Crippen LogP contribution in [-0.4, -0.2) is 49.8 Å². The summed E-state index contributed by atoms with van der Waals surface area (Å²) in [7, 11) is 0. The predicted molar refractivity (Wildman–Crippen MR) is 59.6 cm³/mol. The van der Waals surface area contributed by atoms with E-state index in [-0.39, 0.29) is 0 Å². The number of nitrogens with one attached hydrogen (secondary N) is 1. The van der Waals surface area contributed by atoms with Gasteiger partial charge in [0.1, 0.15) is 0 Å². The molecule has 3 nitrogen and oxygen atoms in total. The topological polar surface area (TPSA) is 24.5 Å². The highest BCUT2D eigenvalue weighted by molar-refractivity contribution is 4.82. The van der Waals surface area contributed by atoms with Gasteiger partial charge in [0, 0.05) is 25.2 Å². The van der Waals surface area contributed by atoms with Crippen molar-refractivity contribution in [1.82, 2.24) is 10.2 Å². The molecule has 0 spiro atoms. The molecular formula is C11H24N2O. The lowest BCUT2D eigenvalue weighted by Crippen LogP contribution is -2.44. The van der Waals surface area contributed by atoms with Gasteiger partial charge in [-0.2, -0.15) is 0 Å². The molecule has 1 aliphatic heterocycles. The van der Waals surface area contributed by atoms with E-state index in [0.29, 0.717) is 6.04 Å². The van der Waals surface area contributed by atoms with Crippen LogP contribution in [0, 0.1) is 0 Å². The molecule has 1 aliphatic rings. The van der Waals surface area contributed by atoms with Crippen molar-refractivity contribution < 1.29 is 4.74 Å². The van der Waals surface area contributed by atoms with Crippen molar-refractivity contribution in [2.75, 3.05) is 32.8 Å². The first kappa shape index (κ1) is 12.0. The number of nitrogens with zero attached hydrogens (tertiary/aromatic N) is 1. The van der Waals surface area contributed by atoms with E-state index in [9.17, 15) is 0 Å². The SMILES string of the molecule is CCOCC(C)N(CC)C1CCNC1. The second-order valence-corrected chi connectivity index (χ2v) is 3.99. The Labute approximate surface area is 87.8 Å². The first-order valence-corrected chi connectivity index (χ1v) is 5.83. The Hall–Kier alpha value is -0.120. The van der Waals surface area contributed by atoms with E-state index in [0.717, 1.165) is 32.3 Å². The maximum atomic E-state index is 5.48. The molecule has 0 bridgehead atoms. The number of hydrogen-bond donors (Lipinski definition) is 1. The van der Waals surface area contributed by atoms with Crippen molar-refractivity contribution in [3.05, 3.63) is 0 Å². The highest BCUT2D eigenvalue weighted by Crippen LogP contribution is 2.12. The van der Waals surface area contributed by atoms with Gasteiger partial charge in [0.25, 0.3) is 0 Å². The fourth-order valence-electron chi connectivity index (χ4n) is 2.24. The minimum atomic E-state index is 0.546. The van der Waals surface area contributed by atoms with Gasteiger partial charge in [0.2, 0.25) is 0 Å². The van der Waals surface area contributed by atoms with Gasteiger partial charge >= 0.3 is 0 Å². The molecule has 1 N–H and O–H groups in total. The van der Waals surface area contributed by atoms with Gasteiger partial charge in [0.15, 0.2) is 0 Å². The lowest BCUT2D eigenvalue weighted by molar-refractivity contribution is 0.0577. The molecule has 0 aromatic rings. The molecule has 1 heterocycles. The van der Waals surface area contributed by atoms with Gasteiger partial charge in [-0.25, -0.2) is 0 Å². The van der Waals surface area contributed by atoms with Crippen LogP contribution >= 0.6 is 0 Å². The second kappa shape index (κ2) is 6.38. The van der Waals surface area contributed by atoms with E-state index in [1.807, 2.05) is 0 Å². The monoisotopic (exact) mass is 200 g/mol. The average Bonchev–Trinajstić information content (AvgIpc) is 2.69. The van der Waals surface area contributed by atoms with Gasteiger partial charge in [-0.3, -0.25) is 4.90 Å². The number of hydrogen-bond acceptors (Lipinski definition) is 3. The second-order valence-electron chi connectivity index (χ2n) is 3.99. The van der Waals surface area contributed by atoms with E-state index in [1.54, 1.807) is 0 Å². The molecule has 0 aromatic heterocycles. The minimum Gasteiger partial charge on any atom is -0.380 e. The summed E-state index contributed by atoms with van der Waals surface area (Å²) in [5, 5.41) is 3.42. The third-order valence-electron chi connectivity index (χ3n) is 3.00. The Morgan fingerprint density at radius 1 is 1.50 bits per heavy atom. The van der Waals surface area contributed by atoms with Crippen LogP contribution in [0.25, 0.3) is 0 Å². The molecule has 0 aliphatic carbocycles. The van der Waals surface area contributed by atoms with Gasteiger partial charge in [-0.15, -0.1) is 0 Å². The summed E-state index contributed by atoms with van der Waals surface area (Å²) in [4.78, 5) is 2.55. The third kappa shape index (κ3) is 3.23. The van der Waals surface area contributed by atoms with Crippen LogP contribution in [0.4, 0.5) is 0 Å². The fourth-order valence-corrected chi connectivity index (χ4v) is 2.24. The highest BCUT2D eigenvalue weighted by atomic mass is 16.5. The maximum absolute atomic E-state index is 5.48. The van der Waals surface area contributed by atoms with Crippen molar-refractivity contribution in [3.8, 4) is 0 Å². The molecule has 1 rings (SSSR count). The van der Waals surface area contributed by atoms with Crippen LogP contribution in [0.2, 0.25) is 0 Å². The van der Waals surface area contributed by atoms with Crippen LogP contribution in [0.3, 0.4) is 0 Å². The van der Waals surface area contributed by atoms with Crippen LogP contribution in [0.1, 0.15) is 27.2 Å². The zero-order valence-corrected chi connectivity index (χ0v) is 9.75. The Morgan fingerprint density at radius 2 is 2.29 bits per heavy atom. The molecule has 84 valence electrons. The summed E-state index contributed by atoms with van der Waals surface area (Å²) in [6, 6.07) is 1.26. The van der Waals surface area contributed by atoms with Crippen LogP contribution < -0.4 is 5.32 Å². The first-order chi connectivity index (χ1) is 6.79. The quantitative estimate of drug-likeness (QED) is 0.695. The van der Waals surface area contributed by atoms with E-state index in [1.165, 1.54) is 13.0 Å². The number of rotatable bonds is 6. The summed E-state index contributed by atoms with van der Waals surface area (Å²) in [6.45, 7) is 11.7. The Morgan fingerprint density at radius 3 is 2.79 bits per heavy atom. The maximum Gasteiger partial charge on any atom is 0.0619 e. The molecule has 0 radical (unpaired) electrons. The van der Waals surface area contributed by atoms with Crippen molar-refractivity contribution >= 4 is 0 Å². The van der Waals surface area contributed by atoms with Gasteiger partial charge in [-0.05, 0) is 33.4 Å². The Balaban J connectivity index is 2.34. The van der Waals surface area contributed by atoms with Gasteiger partial charge in [0.05, 0.1) is 6.61 Å². The molecule has 3 heteroatoms. The fraction of sp³-hybridized carbons (Fsp3) is 1.00. The predicted octanol–water partition coefficient (Wildman–Crippen LogP) is 1.10. The van der Waals surface area contributed by atoms with Crippen molar-refractivity contribution in [2.24, 2.45) is 0 Å². The molecule has 0 aromatic carbocycles. The largest absolute Gasteiger partial charge is 0.380 e. The van der Waals surface area contributed by atoms with E-state index in [4.69, 9.17) is 4.74 Å². The van der Waals surface area contributed by atoms with Gasteiger partial charge < -0.3 is 10.1 Å². The van der Waals surface area contributed by atoms with E-state index in [2.05, 4.69) is 31.0 Å². The summed E-state index contributed by atoms with van der Waals surface area (Å²) in [5.74, 6) is 0. The summed E-state index contributed by atoms with van der Waals surface area (Å²) in [6.07, 6.45) is 1.28. The summed E-state index contributed by atoms with van der Waals surface area (Å²) >= 11 is 0. The smallest absolute Gasteiger partial charge is 0.0619 e. The zero-order chi connectivity index (χ0) is 10.4. The van der Waals surface area contributed by atoms with Crippen molar-refractivity contribution in [1.29, 1.82) is 0 Å². The van der Waals surface area contributed by atoms with Crippen molar-refractivity contribution in [3.63, 3.8) is 0 Å². The molecule has 1 saturated heterocycles. The molecular weight excluding hydrogens is 176 g/mol. The van der Waals surface area contributed by atoms with Crippen LogP contribution in [0.15, 0.2) is 0 Å². The molecule has 1 fully saturated rings. The Kier molecular flexibility index (Phi) is 5.45. The lowest BCUT2D eigenvalue weighted by Gasteiger charge is -2.32. The lowest BCUT2D eigenvalue weighted by atomic mass is 10.1. The van der Waals surface area contributed by atoms with Crippen LogP contribution in [0.5, 0.6) is 0 Å². The highest BCUT2D eigenvalue weighted by Gasteiger charge is 2.24. The standard InChI is InChI=1S/C11H24N2O/c1-4-13(10(3)9-14-5-2)11-6-7-12-8-11/h10-12H,4-9H2,1-3H3. The number of likely N-dealkylation sites (N-methyl/N-ethyl adjacent to an activating group) is 1. The average molecular weight is 200 g/mol. The first-order valence-electron chi connectivity index (χ1n) is 5.83. The molecule has 2 atom stereocenters. The molecule has 14 heavy (non-hydrogen) atoms. The summed E-state index contributed by atoms with van der Waals surface area (Å²) < 4.78 is 5.48. The van der Waals surface area contributed by atoms with Gasteiger partial charge in [-0.1, -0.05) is 6.92 Å². The minimum absolute atomic E-state index is 0.546. The molecule has 2 unspecified atom stereocenters. The van der Waals surface area contributed by atoms with Crippen molar-refractivity contribution in [2.45, 2.75) is 39.3 Å².